The molecule has 4 nitrogen and oxygen atoms in total. The maximum atomic E-state index is 5.91. The van der Waals surface area contributed by atoms with E-state index in [0.29, 0.717) is 21.9 Å². The number of benzene rings is 1. The van der Waals surface area contributed by atoms with Gasteiger partial charge in [0.25, 0.3) is 0 Å². The van der Waals surface area contributed by atoms with E-state index in [0.717, 1.165) is 0 Å². The number of anilines is 1. The molecule has 0 radical (unpaired) electrons. The van der Waals surface area contributed by atoms with Gasteiger partial charge in [-0.05, 0) is 12.1 Å². The van der Waals surface area contributed by atoms with E-state index in [1.54, 1.807) is 18.2 Å². The third kappa shape index (κ3) is 1.48. The number of nitrogen functional groups attached to an aromatic ring is 1. The summed E-state index contributed by atoms with van der Waals surface area (Å²) in [5.74, 6) is 5.54. The lowest BCUT2D eigenvalue weighted by Crippen LogP contribution is -2.09. The summed E-state index contributed by atoms with van der Waals surface area (Å²) in [5, 5.41) is 0.716. The Kier molecular flexibility index (Phi) is 2.41. The number of nitrogens with two attached hydrogens (primary N) is 1. The second-order valence-corrected chi connectivity index (χ2v) is 3.38. The number of hydrazine groups is 1. The monoisotopic (exact) mass is 228 g/mol. The van der Waals surface area contributed by atoms with Gasteiger partial charge in [-0.25, -0.2) is 15.8 Å². The first-order valence-corrected chi connectivity index (χ1v) is 4.56. The van der Waals surface area contributed by atoms with E-state index < -0.39 is 0 Å². The van der Waals surface area contributed by atoms with Crippen LogP contribution in [0.1, 0.15) is 0 Å². The van der Waals surface area contributed by atoms with Crippen molar-refractivity contribution in [2.75, 3.05) is 5.43 Å². The maximum Gasteiger partial charge on any atom is 0.178 e. The van der Waals surface area contributed by atoms with Crippen LogP contribution in [0.15, 0.2) is 18.2 Å². The summed E-state index contributed by atoms with van der Waals surface area (Å²) in [6, 6.07) is 5.30. The van der Waals surface area contributed by atoms with Gasteiger partial charge >= 0.3 is 0 Å². The van der Waals surface area contributed by atoms with Crippen molar-refractivity contribution in [3.05, 3.63) is 28.4 Å². The van der Waals surface area contributed by atoms with Gasteiger partial charge < -0.3 is 5.43 Å². The minimum atomic E-state index is 0.202. The molecule has 2 aromatic rings. The Balaban J connectivity index is 2.79. The van der Waals surface area contributed by atoms with Crippen molar-refractivity contribution < 1.29 is 0 Å². The Morgan fingerprint density at radius 1 is 1.21 bits per heavy atom. The fourth-order valence-corrected chi connectivity index (χ4v) is 1.51. The van der Waals surface area contributed by atoms with Gasteiger partial charge in [0.1, 0.15) is 5.52 Å². The predicted molar refractivity (Wildman–Crippen MR) is 57.4 cm³/mol. The smallest absolute Gasteiger partial charge is 0.178 e. The lowest BCUT2D eigenvalue weighted by Gasteiger charge is -2.04. The molecule has 0 amide bonds. The zero-order valence-electron chi connectivity index (χ0n) is 6.96. The van der Waals surface area contributed by atoms with Gasteiger partial charge in [-0.3, -0.25) is 0 Å². The third-order valence-corrected chi connectivity index (χ3v) is 2.31. The van der Waals surface area contributed by atoms with Gasteiger partial charge in [0.2, 0.25) is 0 Å². The van der Waals surface area contributed by atoms with Crippen LogP contribution < -0.4 is 11.3 Å². The molecule has 1 aromatic heterocycles. The van der Waals surface area contributed by atoms with Gasteiger partial charge in [0.15, 0.2) is 11.0 Å². The van der Waals surface area contributed by atoms with Gasteiger partial charge in [-0.1, -0.05) is 29.3 Å². The topological polar surface area (TPSA) is 63.8 Å². The molecular formula is C8H6Cl2N4. The molecule has 0 atom stereocenters. The molecule has 3 N–H and O–H groups in total. The van der Waals surface area contributed by atoms with Crippen LogP contribution >= 0.6 is 23.2 Å². The highest BCUT2D eigenvalue weighted by Gasteiger charge is 2.07. The van der Waals surface area contributed by atoms with Gasteiger partial charge in [-0.15, -0.1) is 0 Å². The van der Waals surface area contributed by atoms with Gasteiger partial charge in [0.05, 0.1) is 10.5 Å². The summed E-state index contributed by atoms with van der Waals surface area (Å²) < 4.78 is 0. The van der Waals surface area contributed by atoms with Crippen LogP contribution in [-0.4, -0.2) is 9.97 Å². The molecule has 1 aromatic carbocycles. The van der Waals surface area contributed by atoms with Crippen molar-refractivity contribution >= 4 is 40.1 Å². The van der Waals surface area contributed by atoms with E-state index in [4.69, 9.17) is 29.0 Å². The number of rotatable bonds is 1. The van der Waals surface area contributed by atoms with Crippen LogP contribution in [0.5, 0.6) is 0 Å². The molecule has 0 bridgehead atoms. The Labute approximate surface area is 90.0 Å². The van der Waals surface area contributed by atoms with Crippen molar-refractivity contribution in [2.45, 2.75) is 0 Å². The highest BCUT2D eigenvalue weighted by molar-refractivity contribution is 6.36. The van der Waals surface area contributed by atoms with Crippen molar-refractivity contribution in [2.24, 2.45) is 5.84 Å². The summed E-state index contributed by atoms with van der Waals surface area (Å²) in [6.07, 6.45) is 0. The van der Waals surface area contributed by atoms with Crippen molar-refractivity contribution in [1.29, 1.82) is 0 Å². The zero-order chi connectivity index (χ0) is 10.1. The number of nitrogens with one attached hydrogen (secondary N) is 1. The molecule has 0 saturated heterocycles. The maximum absolute atomic E-state index is 5.91. The van der Waals surface area contributed by atoms with Crippen molar-refractivity contribution in [1.82, 2.24) is 9.97 Å². The van der Waals surface area contributed by atoms with E-state index in [1.807, 2.05) is 0 Å². The van der Waals surface area contributed by atoms with Crippen LogP contribution in [0.3, 0.4) is 0 Å². The molecule has 1 heterocycles. The number of para-hydroxylation sites is 1. The molecule has 72 valence electrons. The molecule has 0 saturated carbocycles. The third-order valence-electron chi connectivity index (χ3n) is 1.74. The number of hydrogen-bond acceptors (Lipinski definition) is 4. The molecule has 0 aliphatic carbocycles. The van der Waals surface area contributed by atoms with Crippen LogP contribution in [0.25, 0.3) is 11.0 Å². The molecule has 0 spiro atoms. The van der Waals surface area contributed by atoms with Crippen molar-refractivity contribution in [3.8, 4) is 0 Å². The first kappa shape index (κ1) is 9.45. The SMILES string of the molecule is NNc1nc2cccc(Cl)c2nc1Cl. The van der Waals surface area contributed by atoms with E-state index in [1.165, 1.54) is 0 Å². The Hall–Kier alpha value is -1.10. The zero-order valence-corrected chi connectivity index (χ0v) is 8.47. The summed E-state index contributed by atoms with van der Waals surface area (Å²) in [4.78, 5) is 8.21. The Bertz CT molecular complexity index is 486. The summed E-state index contributed by atoms with van der Waals surface area (Å²) in [5.41, 5.74) is 3.57. The van der Waals surface area contributed by atoms with Gasteiger partial charge in [-0.2, -0.15) is 0 Å². The van der Waals surface area contributed by atoms with E-state index in [-0.39, 0.29) is 5.15 Å². The van der Waals surface area contributed by atoms with E-state index >= 15 is 0 Å². The number of halogens is 2. The second kappa shape index (κ2) is 3.57. The summed E-state index contributed by atoms with van der Waals surface area (Å²) >= 11 is 11.7. The average Bonchev–Trinajstić information content (AvgIpc) is 2.19. The lowest BCUT2D eigenvalue weighted by molar-refractivity contribution is 1.22. The largest absolute Gasteiger partial charge is 0.306 e. The molecule has 2 rings (SSSR count). The second-order valence-electron chi connectivity index (χ2n) is 2.61. The molecule has 0 unspecified atom stereocenters. The first-order chi connectivity index (χ1) is 6.72. The van der Waals surface area contributed by atoms with E-state index in [9.17, 15) is 0 Å². The minimum Gasteiger partial charge on any atom is -0.306 e. The Morgan fingerprint density at radius 3 is 2.71 bits per heavy atom. The number of nitrogens with zero attached hydrogens (tertiary/aromatic N) is 2. The van der Waals surface area contributed by atoms with Crippen LogP contribution in [0, 0.1) is 0 Å². The average molecular weight is 229 g/mol. The lowest BCUT2D eigenvalue weighted by atomic mass is 10.3. The highest BCUT2D eigenvalue weighted by atomic mass is 35.5. The minimum absolute atomic E-state index is 0.202. The first-order valence-electron chi connectivity index (χ1n) is 3.81. The molecular weight excluding hydrogens is 223 g/mol. The van der Waals surface area contributed by atoms with Crippen LogP contribution in [0.2, 0.25) is 10.2 Å². The molecule has 6 heteroatoms. The van der Waals surface area contributed by atoms with Crippen LogP contribution in [-0.2, 0) is 0 Å². The van der Waals surface area contributed by atoms with Gasteiger partial charge in [0, 0.05) is 0 Å². The Morgan fingerprint density at radius 2 is 2.00 bits per heavy atom. The molecule has 0 aliphatic heterocycles. The predicted octanol–water partition coefficient (Wildman–Crippen LogP) is 2.22. The van der Waals surface area contributed by atoms with Crippen LogP contribution in [0.4, 0.5) is 5.82 Å². The fraction of sp³-hybridized carbons (Fsp3) is 0. The quantitative estimate of drug-likeness (QED) is 0.581. The number of aromatic nitrogens is 2. The summed E-state index contributed by atoms with van der Waals surface area (Å²) in [6.45, 7) is 0. The molecule has 14 heavy (non-hydrogen) atoms. The molecule has 0 aliphatic rings. The fourth-order valence-electron chi connectivity index (χ4n) is 1.11. The number of hydrogen-bond donors (Lipinski definition) is 2. The van der Waals surface area contributed by atoms with E-state index in [2.05, 4.69) is 15.4 Å². The van der Waals surface area contributed by atoms with Crippen molar-refractivity contribution in [3.63, 3.8) is 0 Å². The summed E-state index contributed by atoms with van der Waals surface area (Å²) in [7, 11) is 0. The standard InChI is InChI=1S/C8H6Cl2N4/c9-4-2-1-3-5-6(4)13-7(10)8(12-5)14-11/h1-3H,11H2,(H,12,14). The highest BCUT2D eigenvalue weighted by Crippen LogP contribution is 2.25. The number of fused-ring (bicyclic) bond motifs is 1. The normalized spacial score (nSPS) is 10.5. The molecule has 0 fully saturated rings.